The third kappa shape index (κ3) is 3.76. The topological polar surface area (TPSA) is 73.8 Å². The molecule has 34 heavy (non-hydrogen) atoms. The quantitative estimate of drug-likeness (QED) is 0.524. The number of hydrogen-bond acceptors (Lipinski definition) is 6. The zero-order valence-electron chi connectivity index (χ0n) is 19.7. The monoisotopic (exact) mass is 476 g/mol. The summed E-state index contributed by atoms with van der Waals surface area (Å²) < 4.78 is 1.18. The second-order valence-electron chi connectivity index (χ2n) is 9.18. The Kier molecular flexibility index (Phi) is 5.85. The third-order valence-electron chi connectivity index (χ3n) is 6.70. The molecular formula is C26H28N4O3S. The van der Waals surface area contributed by atoms with Crippen LogP contribution in [0.3, 0.4) is 0 Å². The van der Waals surface area contributed by atoms with E-state index in [2.05, 4.69) is 30.0 Å². The Morgan fingerprint density at radius 2 is 1.65 bits per heavy atom. The van der Waals surface area contributed by atoms with Gasteiger partial charge in [0.1, 0.15) is 6.04 Å². The first kappa shape index (κ1) is 22.5. The van der Waals surface area contributed by atoms with Crippen LogP contribution in [0.4, 0.5) is 5.13 Å². The molecule has 0 bridgehead atoms. The van der Waals surface area contributed by atoms with Crippen molar-refractivity contribution in [2.75, 3.05) is 31.1 Å². The Labute approximate surface area is 203 Å². The number of thiazole rings is 1. The van der Waals surface area contributed by atoms with E-state index in [4.69, 9.17) is 4.98 Å². The molecule has 3 amide bonds. The maximum absolute atomic E-state index is 13.6. The zero-order valence-corrected chi connectivity index (χ0v) is 20.5. The van der Waals surface area contributed by atoms with E-state index < -0.39 is 6.04 Å². The molecule has 8 heteroatoms. The SMILES string of the molecule is CCc1ccc2nc(N3CCN(C(=O)C(C(C)C)N4C(=O)c5ccccc5C4=O)CC3)sc2c1. The normalized spacial score (nSPS) is 17.1. The van der Waals surface area contributed by atoms with Crippen molar-refractivity contribution in [3.63, 3.8) is 0 Å². The molecule has 0 radical (unpaired) electrons. The summed E-state index contributed by atoms with van der Waals surface area (Å²) in [5, 5.41) is 0.969. The van der Waals surface area contributed by atoms with E-state index in [1.807, 2.05) is 13.8 Å². The van der Waals surface area contributed by atoms with Crippen molar-refractivity contribution in [1.29, 1.82) is 0 Å². The van der Waals surface area contributed by atoms with E-state index in [9.17, 15) is 14.4 Å². The number of aromatic nitrogens is 1. The van der Waals surface area contributed by atoms with Gasteiger partial charge in [-0.3, -0.25) is 19.3 Å². The number of hydrogen-bond donors (Lipinski definition) is 0. The van der Waals surface area contributed by atoms with Crippen LogP contribution < -0.4 is 4.90 Å². The molecule has 1 fully saturated rings. The third-order valence-corrected chi connectivity index (χ3v) is 7.78. The minimum absolute atomic E-state index is 0.166. The number of benzene rings is 2. The van der Waals surface area contributed by atoms with E-state index in [1.54, 1.807) is 40.5 Å². The minimum Gasteiger partial charge on any atom is -0.345 e. The molecule has 3 aromatic rings. The Hall–Kier alpha value is -3.26. The van der Waals surface area contributed by atoms with Crippen molar-refractivity contribution in [1.82, 2.24) is 14.8 Å². The number of aryl methyl sites for hydroxylation is 1. The molecule has 2 aromatic carbocycles. The predicted octanol–water partition coefficient (Wildman–Crippen LogP) is 3.83. The van der Waals surface area contributed by atoms with Gasteiger partial charge in [0, 0.05) is 26.2 Å². The van der Waals surface area contributed by atoms with Crippen LogP contribution in [0.15, 0.2) is 42.5 Å². The van der Waals surface area contributed by atoms with Crippen LogP contribution in [0.5, 0.6) is 0 Å². The lowest BCUT2D eigenvalue weighted by atomic mass is 10.0. The largest absolute Gasteiger partial charge is 0.345 e. The van der Waals surface area contributed by atoms with Gasteiger partial charge < -0.3 is 9.80 Å². The summed E-state index contributed by atoms with van der Waals surface area (Å²) in [6, 6.07) is 12.4. The average Bonchev–Trinajstić information content (AvgIpc) is 3.38. The average molecular weight is 477 g/mol. The van der Waals surface area contributed by atoms with Gasteiger partial charge in [-0.15, -0.1) is 0 Å². The fourth-order valence-electron chi connectivity index (χ4n) is 4.77. The summed E-state index contributed by atoms with van der Waals surface area (Å²) >= 11 is 1.68. The molecule has 2 aliphatic rings. The number of fused-ring (bicyclic) bond motifs is 2. The zero-order chi connectivity index (χ0) is 24.0. The summed E-state index contributed by atoms with van der Waals surface area (Å²) in [5.74, 6) is -1.12. The van der Waals surface area contributed by atoms with Crippen molar-refractivity contribution in [2.45, 2.75) is 33.2 Å². The number of carbonyl (C=O) groups excluding carboxylic acids is 3. The predicted molar refractivity (Wildman–Crippen MR) is 133 cm³/mol. The molecule has 5 rings (SSSR count). The minimum atomic E-state index is -0.811. The first-order valence-electron chi connectivity index (χ1n) is 11.8. The lowest BCUT2D eigenvalue weighted by Crippen LogP contribution is -2.57. The Bertz CT molecular complexity index is 1240. The van der Waals surface area contributed by atoms with Crippen molar-refractivity contribution < 1.29 is 14.4 Å². The number of anilines is 1. The second-order valence-corrected chi connectivity index (χ2v) is 10.2. The van der Waals surface area contributed by atoms with Gasteiger partial charge in [-0.25, -0.2) is 4.98 Å². The van der Waals surface area contributed by atoms with Crippen molar-refractivity contribution in [3.8, 4) is 0 Å². The van der Waals surface area contributed by atoms with Crippen LogP contribution in [0.2, 0.25) is 0 Å². The lowest BCUT2D eigenvalue weighted by molar-refractivity contribution is -0.137. The highest BCUT2D eigenvalue weighted by Crippen LogP contribution is 2.31. The summed E-state index contributed by atoms with van der Waals surface area (Å²) in [7, 11) is 0. The lowest BCUT2D eigenvalue weighted by Gasteiger charge is -2.38. The molecule has 0 N–H and O–H groups in total. The number of imide groups is 1. The van der Waals surface area contributed by atoms with Gasteiger partial charge in [0.25, 0.3) is 11.8 Å². The summed E-state index contributed by atoms with van der Waals surface area (Å²) in [5.41, 5.74) is 3.04. The van der Waals surface area contributed by atoms with Crippen LogP contribution >= 0.6 is 11.3 Å². The summed E-state index contributed by atoms with van der Waals surface area (Å²) in [4.78, 5) is 49.6. The number of amides is 3. The Morgan fingerprint density at radius 3 is 2.24 bits per heavy atom. The smallest absolute Gasteiger partial charge is 0.262 e. The van der Waals surface area contributed by atoms with Gasteiger partial charge in [0.2, 0.25) is 5.91 Å². The highest BCUT2D eigenvalue weighted by molar-refractivity contribution is 7.22. The Morgan fingerprint density at radius 1 is 1.00 bits per heavy atom. The highest BCUT2D eigenvalue weighted by Gasteiger charge is 2.45. The van der Waals surface area contributed by atoms with Crippen molar-refractivity contribution >= 4 is 44.4 Å². The van der Waals surface area contributed by atoms with E-state index >= 15 is 0 Å². The molecule has 1 aromatic heterocycles. The van der Waals surface area contributed by atoms with Crippen LogP contribution in [0, 0.1) is 5.92 Å². The molecule has 0 aliphatic carbocycles. The maximum atomic E-state index is 13.6. The molecule has 3 heterocycles. The number of piperazine rings is 1. The molecule has 0 spiro atoms. The van der Waals surface area contributed by atoms with Gasteiger partial charge in [-0.2, -0.15) is 0 Å². The standard InChI is InChI=1S/C26H28N4O3S/c1-4-17-9-10-20-21(15-17)34-26(27-20)29-13-11-28(12-14-29)25(33)22(16(2)3)30-23(31)18-7-5-6-8-19(18)24(30)32/h5-10,15-16,22H,4,11-14H2,1-3H3. The maximum Gasteiger partial charge on any atom is 0.262 e. The number of nitrogens with zero attached hydrogens (tertiary/aromatic N) is 4. The van der Waals surface area contributed by atoms with Gasteiger partial charge in [0.05, 0.1) is 21.3 Å². The van der Waals surface area contributed by atoms with E-state index in [-0.39, 0.29) is 23.6 Å². The molecule has 2 aliphatic heterocycles. The molecule has 176 valence electrons. The van der Waals surface area contributed by atoms with Crippen LogP contribution in [0.1, 0.15) is 47.1 Å². The summed E-state index contributed by atoms with van der Waals surface area (Å²) in [6.07, 6.45) is 0.994. The molecule has 0 saturated carbocycles. The van der Waals surface area contributed by atoms with Gasteiger partial charge in [0.15, 0.2) is 5.13 Å². The van der Waals surface area contributed by atoms with Gasteiger partial charge in [-0.05, 0) is 42.2 Å². The van der Waals surface area contributed by atoms with Crippen molar-refractivity contribution in [3.05, 3.63) is 59.2 Å². The van der Waals surface area contributed by atoms with E-state index in [0.29, 0.717) is 37.3 Å². The second kappa shape index (κ2) is 8.83. The first-order valence-corrected chi connectivity index (χ1v) is 12.6. The van der Waals surface area contributed by atoms with Gasteiger partial charge >= 0.3 is 0 Å². The molecule has 1 unspecified atom stereocenters. The van der Waals surface area contributed by atoms with Crippen LogP contribution in [-0.2, 0) is 11.2 Å². The number of carbonyl (C=O) groups is 3. The molecular weight excluding hydrogens is 448 g/mol. The summed E-state index contributed by atoms with van der Waals surface area (Å²) in [6.45, 7) is 8.30. The van der Waals surface area contributed by atoms with Crippen LogP contribution in [0.25, 0.3) is 10.2 Å². The molecule has 1 saturated heterocycles. The Balaban J connectivity index is 1.31. The fourth-order valence-corrected chi connectivity index (χ4v) is 5.85. The van der Waals surface area contributed by atoms with E-state index in [0.717, 1.165) is 17.1 Å². The van der Waals surface area contributed by atoms with Gasteiger partial charge in [-0.1, -0.05) is 50.3 Å². The van der Waals surface area contributed by atoms with E-state index in [1.165, 1.54) is 15.2 Å². The van der Waals surface area contributed by atoms with Crippen LogP contribution in [-0.4, -0.2) is 64.7 Å². The molecule has 1 atom stereocenters. The highest BCUT2D eigenvalue weighted by atomic mass is 32.1. The fraction of sp³-hybridized carbons (Fsp3) is 0.385. The first-order chi connectivity index (χ1) is 16.4. The van der Waals surface area contributed by atoms with Crippen molar-refractivity contribution in [2.24, 2.45) is 5.92 Å². The number of rotatable bonds is 5. The molecule has 7 nitrogen and oxygen atoms in total.